The lowest BCUT2D eigenvalue weighted by atomic mass is 9.93. The number of fused-ring (bicyclic) bond motifs is 1. The zero-order chi connectivity index (χ0) is 24.0. The van der Waals surface area contributed by atoms with Crippen LogP contribution in [0.5, 0.6) is 0 Å². The normalized spacial score (nSPS) is 18.6. The Morgan fingerprint density at radius 3 is 2.29 bits per heavy atom. The third kappa shape index (κ3) is 3.69. The largest absolute Gasteiger partial charge is 0.338 e. The topological polar surface area (TPSA) is 58.4 Å². The van der Waals surface area contributed by atoms with Crippen LogP contribution in [-0.4, -0.2) is 50.5 Å². The highest BCUT2D eigenvalue weighted by atomic mass is 19.1. The first-order valence-electron chi connectivity index (χ1n) is 11.9. The number of aromatic nitrogens is 2. The van der Waals surface area contributed by atoms with Crippen LogP contribution >= 0.6 is 0 Å². The van der Waals surface area contributed by atoms with Gasteiger partial charge in [-0.25, -0.2) is 9.07 Å². The second-order valence-corrected chi connectivity index (χ2v) is 9.53. The minimum atomic E-state index is -0.355. The first-order chi connectivity index (χ1) is 16.4. The minimum Gasteiger partial charge on any atom is -0.338 e. The lowest BCUT2D eigenvalue weighted by Gasteiger charge is -2.40. The lowest BCUT2D eigenvalue weighted by molar-refractivity contribution is 0.0393. The summed E-state index contributed by atoms with van der Waals surface area (Å²) in [5.74, 6) is -0.199. The quantitative estimate of drug-likeness (QED) is 0.563. The molecule has 7 heteroatoms. The number of amides is 2. The number of halogens is 1. The van der Waals surface area contributed by atoms with Gasteiger partial charge in [-0.3, -0.25) is 9.59 Å². The van der Waals surface area contributed by atoms with Crippen LogP contribution in [0.15, 0.2) is 54.6 Å². The molecular weight excluding hydrogens is 431 g/mol. The van der Waals surface area contributed by atoms with Gasteiger partial charge in [0.05, 0.1) is 17.4 Å². The second-order valence-electron chi connectivity index (χ2n) is 9.53. The third-order valence-corrected chi connectivity index (χ3v) is 7.01. The van der Waals surface area contributed by atoms with Crippen molar-refractivity contribution >= 4 is 11.8 Å². The van der Waals surface area contributed by atoms with Gasteiger partial charge in [0.25, 0.3) is 11.8 Å². The van der Waals surface area contributed by atoms with Gasteiger partial charge in [-0.15, -0.1) is 0 Å². The summed E-state index contributed by atoms with van der Waals surface area (Å²) >= 11 is 0. The number of rotatable bonds is 4. The molecule has 0 spiro atoms. The van der Waals surface area contributed by atoms with Crippen LogP contribution in [0, 0.1) is 18.7 Å². The maximum absolute atomic E-state index is 13.8. The van der Waals surface area contributed by atoms with E-state index in [4.69, 9.17) is 5.10 Å². The molecule has 1 fully saturated rings. The van der Waals surface area contributed by atoms with Crippen molar-refractivity contribution in [1.29, 1.82) is 0 Å². The molecule has 2 aliphatic heterocycles. The smallest absolute Gasteiger partial charge is 0.273 e. The highest BCUT2D eigenvalue weighted by Crippen LogP contribution is 2.44. The van der Waals surface area contributed by atoms with Crippen molar-refractivity contribution < 1.29 is 14.0 Å². The fourth-order valence-electron chi connectivity index (χ4n) is 5.41. The Kier molecular flexibility index (Phi) is 5.71. The van der Waals surface area contributed by atoms with E-state index in [-0.39, 0.29) is 35.6 Å². The number of likely N-dealkylation sites (tertiary alicyclic amines) is 1. The average Bonchev–Trinajstić information content (AvgIpc) is 3.35. The molecule has 1 unspecified atom stereocenters. The number of carbonyl (C=O) groups is 2. The Labute approximate surface area is 199 Å². The molecule has 176 valence electrons. The van der Waals surface area contributed by atoms with E-state index in [1.165, 1.54) is 24.3 Å². The Hall–Kier alpha value is -3.48. The molecule has 3 aromatic rings. The predicted octanol–water partition coefficient (Wildman–Crippen LogP) is 4.78. The Balaban J connectivity index is 1.39. The summed E-state index contributed by atoms with van der Waals surface area (Å²) in [4.78, 5) is 30.6. The highest BCUT2D eigenvalue weighted by molar-refractivity contribution is 5.99. The minimum absolute atomic E-state index is 0.0152. The first kappa shape index (κ1) is 22.3. The summed E-state index contributed by atoms with van der Waals surface area (Å²) in [6.45, 7) is 7.40. The molecule has 3 heterocycles. The Bertz CT molecular complexity index is 1210. The van der Waals surface area contributed by atoms with Crippen molar-refractivity contribution in [3.63, 3.8) is 0 Å². The number of benzene rings is 2. The molecule has 1 atom stereocenters. The first-order valence-corrected chi connectivity index (χ1v) is 11.9. The molecule has 0 aliphatic carbocycles. The molecule has 1 aromatic heterocycles. The van der Waals surface area contributed by atoms with E-state index in [9.17, 15) is 14.0 Å². The summed E-state index contributed by atoms with van der Waals surface area (Å²) in [7, 11) is 0. The predicted molar refractivity (Wildman–Crippen MR) is 127 cm³/mol. The fourth-order valence-corrected chi connectivity index (χ4v) is 5.41. The second kappa shape index (κ2) is 8.70. The van der Waals surface area contributed by atoms with E-state index in [0.717, 1.165) is 16.9 Å². The van der Waals surface area contributed by atoms with Crippen molar-refractivity contribution in [1.82, 2.24) is 19.6 Å². The molecule has 0 N–H and O–H groups in total. The van der Waals surface area contributed by atoms with Gasteiger partial charge < -0.3 is 9.80 Å². The van der Waals surface area contributed by atoms with Crippen molar-refractivity contribution in [2.24, 2.45) is 5.92 Å². The van der Waals surface area contributed by atoms with Crippen LogP contribution in [-0.2, 0) is 0 Å². The summed E-state index contributed by atoms with van der Waals surface area (Å²) in [5, 5.41) is 4.73. The molecular formula is C27H29FN4O2. The SMILES string of the molecule is Cc1nn(-c2ccccc2)c2c1C(C(C)C)N(C1CCN(C(=O)c3ccc(F)cc3)CC1)C2=O. The highest BCUT2D eigenvalue weighted by Gasteiger charge is 2.47. The van der Waals surface area contributed by atoms with E-state index < -0.39 is 0 Å². The van der Waals surface area contributed by atoms with Crippen LogP contribution in [0.25, 0.3) is 5.69 Å². The van der Waals surface area contributed by atoms with Crippen LogP contribution < -0.4 is 0 Å². The number of para-hydroxylation sites is 1. The van der Waals surface area contributed by atoms with Crippen LogP contribution in [0.1, 0.15) is 64.8 Å². The van der Waals surface area contributed by atoms with E-state index >= 15 is 0 Å². The third-order valence-electron chi connectivity index (χ3n) is 7.01. The average molecular weight is 461 g/mol. The van der Waals surface area contributed by atoms with Gasteiger partial charge >= 0.3 is 0 Å². The van der Waals surface area contributed by atoms with Gasteiger partial charge in [0, 0.05) is 30.3 Å². The monoisotopic (exact) mass is 460 g/mol. The molecule has 5 rings (SSSR count). The summed E-state index contributed by atoms with van der Waals surface area (Å²) < 4.78 is 15.0. The number of carbonyl (C=O) groups excluding carboxylic acids is 2. The van der Waals surface area contributed by atoms with Gasteiger partial charge in [0.15, 0.2) is 0 Å². The zero-order valence-electron chi connectivity index (χ0n) is 19.7. The molecule has 34 heavy (non-hydrogen) atoms. The molecule has 2 aliphatic rings. The maximum Gasteiger partial charge on any atom is 0.273 e. The molecule has 0 saturated carbocycles. The van der Waals surface area contributed by atoms with Gasteiger partial charge in [-0.05, 0) is 62.1 Å². The van der Waals surface area contributed by atoms with Crippen LogP contribution in [0.3, 0.4) is 0 Å². The Morgan fingerprint density at radius 1 is 1.03 bits per heavy atom. The summed E-state index contributed by atoms with van der Waals surface area (Å²) in [6, 6.07) is 15.5. The van der Waals surface area contributed by atoms with Crippen molar-refractivity contribution in [2.45, 2.75) is 45.7 Å². The summed E-state index contributed by atoms with van der Waals surface area (Å²) in [6.07, 6.45) is 1.42. The maximum atomic E-state index is 13.8. The van der Waals surface area contributed by atoms with E-state index in [0.29, 0.717) is 37.2 Å². The molecule has 6 nitrogen and oxygen atoms in total. The lowest BCUT2D eigenvalue weighted by Crippen LogP contribution is -2.49. The zero-order valence-corrected chi connectivity index (χ0v) is 19.7. The molecule has 1 saturated heterocycles. The fraction of sp³-hybridized carbons (Fsp3) is 0.370. The molecule has 0 bridgehead atoms. The molecule has 2 aromatic carbocycles. The van der Waals surface area contributed by atoms with Crippen LogP contribution in [0.2, 0.25) is 0 Å². The number of nitrogens with zero attached hydrogens (tertiary/aromatic N) is 4. The summed E-state index contributed by atoms with van der Waals surface area (Å²) in [5.41, 5.74) is 3.94. The van der Waals surface area contributed by atoms with Crippen molar-refractivity contribution in [2.75, 3.05) is 13.1 Å². The van der Waals surface area contributed by atoms with E-state index in [2.05, 4.69) is 13.8 Å². The van der Waals surface area contributed by atoms with Gasteiger partial charge in [-0.1, -0.05) is 32.0 Å². The van der Waals surface area contributed by atoms with Gasteiger partial charge in [0.1, 0.15) is 11.5 Å². The number of piperidine rings is 1. The molecule has 2 amide bonds. The number of hydrogen-bond acceptors (Lipinski definition) is 3. The van der Waals surface area contributed by atoms with Gasteiger partial charge in [-0.2, -0.15) is 5.10 Å². The van der Waals surface area contributed by atoms with E-state index in [1.54, 1.807) is 9.58 Å². The number of hydrogen-bond donors (Lipinski definition) is 0. The standard InChI is InChI=1S/C27H29FN4O2/c1-17(2)24-23-18(3)29-32(22-7-5-4-6-8-22)25(23)27(34)31(24)21-13-15-30(16-14-21)26(33)19-9-11-20(28)12-10-19/h4-12,17,21,24H,13-16H2,1-3H3. The molecule has 0 radical (unpaired) electrons. The number of aryl methyl sites for hydroxylation is 1. The van der Waals surface area contributed by atoms with Gasteiger partial charge in [0.2, 0.25) is 0 Å². The van der Waals surface area contributed by atoms with Crippen molar-refractivity contribution in [3.8, 4) is 5.69 Å². The van der Waals surface area contributed by atoms with Crippen molar-refractivity contribution in [3.05, 3.63) is 82.9 Å². The van der Waals surface area contributed by atoms with E-state index in [1.807, 2.05) is 42.2 Å². The van der Waals surface area contributed by atoms with Crippen LogP contribution in [0.4, 0.5) is 4.39 Å². The Morgan fingerprint density at radius 2 is 1.68 bits per heavy atom.